The number of carboxylic acid groups (broad SMARTS) is 1. The maximum absolute atomic E-state index is 11.7. The van der Waals surface area contributed by atoms with E-state index >= 15 is 0 Å². The van der Waals surface area contributed by atoms with Crippen LogP contribution in [0.4, 0.5) is 5.82 Å². The van der Waals surface area contributed by atoms with E-state index in [0.717, 1.165) is 6.42 Å². The Labute approximate surface area is 111 Å². The molecule has 2 N–H and O–H groups in total. The van der Waals surface area contributed by atoms with Crippen LogP contribution in [0.3, 0.4) is 0 Å². The van der Waals surface area contributed by atoms with Crippen molar-refractivity contribution < 1.29 is 14.7 Å². The van der Waals surface area contributed by atoms with Crippen molar-refractivity contribution in [1.82, 2.24) is 10.3 Å². The first kappa shape index (κ1) is 13.3. The Morgan fingerprint density at radius 2 is 2.21 bits per heavy atom. The Morgan fingerprint density at radius 3 is 2.74 bits per heavy atom. The third-order valence-corrected chi connectivity index (χ3v) is 3.10. The lowest BCUT2D eigenvalue weighted by Crippen LogP contribution is -2.50. The predicted octanol–water partition coefficient (Wildman–Crippen LogP) is 0.742. The normalized spacial score (nSPS) is 14.9. The molecule has 19 heavy (non-hydrogen) atoms. The number of hydrogen-bond donors (Lipinski definition) is 2. The van der Waals surface area contributed by atoms with Crippen molar-refractivity contribution >= 4 is 17.7 Å². The Hall–Kier alpha value is -2.11. The van der Waals surface area contributed by atoms with E-state index in [4.69, 9.17) is 5.11 Å². The van der Waals surface area contributed by atoms with Gasteiger partial charge in [-0.2, -0.15) is 0 Å². The van der Waals surface area contributed by atoms with Crippen molar-refractivity contribution in [2.75, 3.05) is 24.5 Å². The number of carboxylic acids is 1. The fourth-order valence-corrected chi connectivity index (χ4v) is 1.87. The van der Waals surface area contributed by atoms with Gasteiger partial charge in [-0.05, 0) is 18.6 Å². The summed E-state index contributed by atoms with van der Waals surface area (Å²) in [4.78, 5) is 28.4. The Kier molecular flexibility index (Phi) is 3.99. The number of nitrogens with zero attached hydrogens (tertiary/aromatic N) is 2. The van der Waals surface area contributed by atoms with E-state index in [0.29, 0.717) is 31.0 Å². The average Bonchev–Trinajstić information content (AvgIpc) is 2.34. The van der Waals surface area contributed by atoms with Crippen LogP contribution in [0.5, 0.6) is 0 Å². The van der Waals surface area contributed by atoms with Gasteiger partial charge < -0.3 is 15.3 Å². The molecule has 1 aliphatic heterocycles. The molecule has 0 spiro atoms. The van der Waals surface area contributed by atoms with Gasteiger partial charge in [0.25, 0.3) is 5.91 Å². The minimum atomic E-state index is -0.771. The fourth-order valence-electron chi connectivity index (χ4n) is 1.87. The summed E-state index contributed by atoms with van der Waals surface area (Å²) in [6, 6.07) is 3.46. The molecule has 102 valence electrons. The molecular formula is C13H17N3O3. The number of aromatic nitrogens is 1. The second-order valence-corrected chi connectivity index (χ2v) is 4.60. The summed E-state index contributed by atoms with van der Waals surface area (Å²) >= 11 is 0. The van der Waals surface area contributed by atoms with Gasteiger partial charge >= 0.3 is 5.97 Å². The Balaban J connectivity index is 1.92. The van der Waals surface area contributed by atoms with Crippen LogP contribution in [0.2, 0.25) is 0 Å². The van der Waals surface area contributed by atoms with Gasteiger partial charge in [-0.25, -0.2) is 4.98 Å². The van der Waals surface area contributed by atoms with Gasteiger partial charge in [-0.3, -0.25) is 9.59 Å². The molecule has 2 heterocycles. The van der Waals surface area contributed by atoms with Crippen LogP contribution >= 0.6 is 0 Å². The van der Waals surface area contributed by atoms with Crippen molar-refractivity contribution in [3.63, 3.8) is 0 Å². The van der Waals surface area contributed by atoms with Gasteiger partial charge in [0.1, 0.15) is 5.82 Å². The largest absolute Gasteiger partial charge is 0.481 e. The molecule has 0 atom stereocenters. The number of anilines is 1. The molecule has 0 saturated carbocycles. The quantitative estimate of drug-likeness (QED) is 0.819. The number of aliphatic carboxylic acids is 1. The minimum Gasteiger partial charge on any atom is -0.481 e. The summed E-state index contributed by atoms with van der Waals surface area (Å²) in [5, 5.41) is 11.6. The topological polar surface area (TPSA) is 82.5 Å². The highest BCUT2D eigenvalue weighted by atomic mass is 16.4. The number of amides is 1. The molecule has 0 unspecified atom stereocenters. The Morgan fingerprint density at radius 1 is 1.47 bits per heavy atom. The molecule has 1 aromatic rings. The highest BCUT2D eigenvalue weighted by Gasteiger charge is 2.33. The fraction of sp³-hybridized carbons (Fsp3) is 0.462. The zero-order chi connectivity index (χ0) is 13.8. The first-order valence-electron chi connectivity index (χ1n) is 6.33. The smallest absolute Gasteiger partial charge is 0.310 e. The number of carbonyl (C=O) groups is 2. The molecule has 0 bridgehead atoms. The van der Waals surface area contributed by atoms with Crippen molar-refractivity contribution in [2.24, 2.45) is 5.92 Å². The van der Waals surface area contributed by atoms with Crippen LogP contribution in [0.25, 0.3) is 0 Å². The first-order chi connectivity index (χ1) is 9.11. The van der Waals surface area contributed by atoms with Gasteiger partial charge in [0.2, 0.25) is 0 Å². The maximum Gasteiger partial charge on any atom is 0.310 e. The first-order valence-corrected chi connectivity index (χ1v) is 6.33. The summed E-state index contributed by atoms with van der Waals surface area (Å²) in [5.41, 5.74) is 0.521. The second-order valence-electron chi connectivity index (χ2n) is 4.60. The van der Waals surface area contributed by atoms with Crippen LogP contribution in [0.1, 0.15) is 23.7 Å². The van der Waals surface area contributed by atoms with Crippen LogP contribution in [0, 0.1) is 5.92 Å². The summed E-state index contributed by atoms with van der Waals surface area (Å²) in [6.45, 7) is 3.59. The SMILES string of the molecule is CCCNC(=O)c1ccc(N2CC(C(=O)O)C2)nc1. The third kappa shape index (κ3) is 3.01. The zero-order valence-electron chi connectivity index (χ0n) is 10.8. The number of hydrogen-bond acceptors (Lipinski definition) is 4. The van der Waals surface area contributed by atoms with Gasteiger partial charge in [0.05, 0.1) is 11.5 Å². The molecule has 1 fully saturated rings. The lowest BCUT2D eigenvalue weighted by molar-refractivity contribution is -0.142. The highest BCUT2D eigenvalue weighted by Crippen LogP contribution is 2.22. The number of nitrogens with one attached hydrogen (secondary N) is 1. The molecule has 1 aliphatic rings. The van der Waals surface area contributed by atoms with Crippen molar-refractivity contribution in [2.45, 2.75) is 13.3 Å². The lowest BCUT2D eigenvalue weighted by Gasteiger charge is -2.37. The summed E-state index contributed by atoms with van der Waals surface area (Å²) in [7, 11) is 0. The van der Waals surface area contributed by atoms with E-state index in [-0.39, 0.29) is 11.8 Å². The zero-order valence-corrected chi connectivity index (χ0v) is 10.8. The van der Waals surface area contributed by atoms with E-state index in [1.165, 1.54) is 6.20 Å². The monoisotopic (exact) mass is 263 g/mol. The molecule has 0 aromatic carbocycles. The van der Waals surface area contributed by atoms with Crippen LogP contribution < -0.4 is 10.2 Å². The Bertz CT molecular complexity index is 467. The van der Waals surface area contributed by atoms with Gasteiger partial charge in [0.15, 0.2) is 0 Å². The van der Waals surface area contributed by atoms with Crippen LogP contribution in [0.15, 0.2) is 18.3 Å². The van der Waals surface area contributed by atoms with E-state index in [9.17, 15) is 9.59 Å². The number of pyridine rings is 1. The van der Waals surface area contributed by atoms with E-state index in [1.807, 2.05) is 11.8 Å². The van der Waals surface area contributed by atoms with Crippen molar-refractivity contribution in [3.8, 4) is 0 Å². The van der Waals surface area contributed by atoms with Gasteiger partial charge in [-0.15, -0.1) is 0 Å². The van der Waals surface area contributed by atoms with Crippen molar-refractivity contribution in [1.29, 1.82) is 0 Å². The summed E-state index contributed by atoms with van der Waals surface area (Å²) in [6.07, 6.45) is 2.41. The van der Waals surface area contributed by atoms with Gasteiger partial charge in [0, 0.05) is 25.8 Å². The molecule has 1 aromatic heterocycles. The second kappa shape index (κ2) is 5.69. The van der Waals surface area contributed by atoms with E-state index in [2.05, 4.69) is 10.3 Å². The molecule has 2 rings (SSSR count). The molecule has 0 aliphatic carbocycles. The summed E-state index contributed by atoms with van der Waals surface area (Å²) < 4.78 is 0. The van der Waals surface area contributed by atoms with Crippen molar-refractivity contribution in [3.05, 3.63) is 23.9 Å². The minimum absolute atomic E-state index is 0.132. The standard InChI is InChI=1S/C13H17N3O3/c1-2-5-14-12(17)9-3-4-11(15-6-9)16-7-10(8-16)13(18)19/h3-4,6,10H,2,5,7-8H2,1H3,(H,14,17)(H,18,19). The maximum atomic E-state index is 11.7. The molecular weight excluding hydrogens is 246 g/mol. The molecule has 1 amide bonds. The predicted molar refractivity (Wildman–Crippen MR) is 70.2 cm³/mol. The molecule has 0 radical (unpaired) electrons. The molecule has 6 heteroatoms. The van der Waals surface area contributed by atoms with Gasteiger partial charge in [-0.1, -0.05) is 6.92 Å². The lowest BCUT2D eigenvalue weighted by atomic mass is 10.0. The van der Waals surface area contributed by atoms with E-state index < -0.39 is 5.97 Å². The van der Waals surface area contributed by atoms with Crippen LogP contribution in [-0.2, 0) is 4.79 Å². The molecule has 1 saturated heterocycles. The summed E-state index contributed by atoms with van der Waals surface area (Å²) in [5.74, 6) is -0.501. The number of rotatable bonds is 5. The van der Waals surface area contributed by atoms with Crippen LogP contribution in [-0.4, -0.2) is 41.6 Å². The number of carbonyl (C=O) groups excluding carboxylic acids is 1. The third-order valence-electron chi connectivity index (χ3n) is 3.10. The molecule has 6 nitrogen and oxygen atoms in total. The highest BCUT2D eigenvalue weighted by molar-refractivity contribution is 5.94. The average molecular weight is 263 g/mol. The van der Waals surface area contributed by atoms with E-state index in [1.54, 1.807) is 12.1 Å².